The van der Waals surface area contributed by atoms with E-state index in [9.17, 15) is 5.26 Å². The summed E-state index contributed by atoms with van der Waals surface area (Å²) < 4.78 is 0. The van der Waals surface area contributed by atoms with Gasteiger partial charge in [0, 0.05) is 5.41 Å². The van der Waals surface area contributed by atoms with E-state index in [-0.39, 0.29) is 0 Å². The summed E-state index contributed by atoms with van der Waals surface area (Å²) in [6, 6.07) is 2.19. The van der Waals surface area contributed by atoms with Gasteiger partial charge in [-0.1, -0.05) is 31.5 Å². The molecule has 1 heterocycles. The first-order valence-electron chi connectivity index (χ1n) is 5.67. The lowest BCUT2D eigenvalue weighted by Crippen LogP contribution is -2.45. The van der Waals surface area contributed by atoms with Gasteiger partial charge in [0.05, 0.1) is 17.2 Å². The van der Waals surface area contributed by atoms with Crippen LogP contribution in [0.1, 0.15) is 32.1 Å². The Balaban J connectivity index is 2.63. The molecule has 1 aliphatic heterocycles. The van der Waals surface area contributed by atoms with Crippen LogP contribution in [0.2, 0.25) is 0 Å². The topological polar surface area (TPSA) is 85.7 Å². The number of hydrogen-bond acceptors (Lipinski definition) is 4. The minimum Gasteiger partial charge on any atom is -0.384 e. The van der Waals surface area contributed by atoms with Gasteiger partial charge in [0.1, 0.15) is 10.8 Å². The zero-order valence-electron chi connectivity index (χ0n) is 9.47. The van der Waals surface area contributed by atoms with Crippen LogP contribution < -0.4 is 11.1 Å². The molecule has 0 aromatic heterocycles. The highest BCUT2D eigenvalue weighted by atomic mass is 32.1. The molecule has 4 N–H and O–H groups in total. The Bertz CT molecular complexity index is 485. The molecule has 0 aromatic carbocycles. The van der Waals surface area contributed by atoms with E-state index in [1.165, 1.54) is 0 Å². The Morgan fingerprint density at radius 1 is 1.35 bits per heavy atom. The standard InChI is InChI=1S/C12H14N4S/c13-6-8-10(15)16-11(17)9(7-14)12(8)4-2-1-3-5-12/h14H,1-5,15H2,(H,16,17). The zero-order valence-corrected chi connectivity index (χ0v) is 10.3. The molecule has 0 aromatic rings. The lowest BCUT2D eigenvalue weighted by atomic mass is 9.63. The number of nitrogens with zero attached hydrogens (tertiary/aromatic N) is 1. The van der Waals surface area contributed by atoms with E-state index in [2.05, 4.69) is 17.3 Å². The van der Waals surface area contributed by atoms with E-state index in [4.69, 9.17) is 23.4 Å². The minimum absolute atomic E-state index is 0.346. The van der Waals surface area contributed by atoms with Crippen LogP contribution in [0.4, 0.5) is 0 Å². The van der Waals surface area contributed by atoms with Crippen LogP contribution >= 0.6 is 12.2 Å². The SMILES string of the molecule is N#CC1=C(N)NC(=S)C(=C=N)C12CCCCC2. The fourth-order valence-electron chi connectivity index (χ4n) is 2.85. The second kappa shape index (κ2) is 4.33. The van der Waals surface area contributed by atoms with E-state index in [0.29, 0.717) is 22.0 Å². The van der Waals surface area contributed by atoms with E-state index in [1.807, 2.05) is 0 Å². The summed E-state index contributed by atoms with van der Waals surface area (Å²) in [5, 5.41) is 19.5. The zero-order chi connectivity index (χ0) is 12.5. The number of thiocarbonyl (C=S) groups is 1. The summed E-state index contributed by atoms with van der Waals surface area (Å²) in [4.78, 5) is 0.443. The lowest BCUT2D eigenvalue weighted by molar-refractivity contribution is 0.301. The van der Waals surface area contributed by atoms with Gasteiger partial charge in [-0.15, -0.1) is 0 Å². The highest BCUT2D eigenvalue weighted by Crippen LogP contribution is 2.49. The van der Waals surface area contributed by atoms with Crippen molar-refractivity contribution in [2.75, 3.05) is 0 Å². The van der Waals surface area contributed by atoms with Crippen LogP contribution in [-0.4, -0.2) is 10.9 Å². The maximum Gasteiger partial charge on any atom is 0.118 e. The molecule has 0 unspecified atom stereocenters. The van der Waals surface area contributed by atoms with E-state index in [0.717, 1.165) is 32.1 Å². The molecule has 0 atom stereocenters. The summed E-state index contributed by atoms with van der Waals surface area (Å²) >= 11 is 5.20. The maximum absolute atomic E-state index is 9.30. The largest absolute Gasteiger partial charge is 0.384 e. The van der Waals surface area contributed by atoms with E-state index in [1.54, 1.807) is 0 Å². The Kier molecular flexibility index (Phi) is 3.01. The van der Waals surface area contributed by atoms with Gasteiger partial charge in [0.15, 0.2) is 0 Å². The molecule has 1 fully saturated rings. The molecular formula is C12H14N4S. The van der Waals surface area contributed by atoms with Gasteiger partial charge in [0.25, 0.3) is 0 Å². The van der Waals surface area contributed by atoms with Crippen molar-refractivity contribution >= 4 is 23.1 Å². The van der Waals surface area contributed by atoms with Crippen molar-refractivity contribution in [3.05, 3.63) is 17.0 Å². The van der Waals surface area contributed by atoms with E-state index >= 15 is 0 Å². The predicted octanol–water partition coefficient (Wildman–Crippen LogP) is 1.74. The van der Waals surface area contributed by atoms with Crippen molar-refractivity contribution in [3.63, 3.8) is 0 Å². The van der Waals surface area contributed by atoms with Crippen molar-refractivity contribution in [2.24, 2.45) is 11.1 Å². The highest BCUT2D eigenvalue weighted by molar-refractivity contribution is 7.80. The number of rotatable bonds is 0. The van der Waals surface area contributed by atoms with Crippen molar-refractivity contribution in [2.45, 2.75) is 32.1 Å². The van der Waals surface area contributed by atoms with Crippen LogP contribution in [0, 0.1) is 22.2 Å². The van der Waals surface area contributed by atoms with Gasteiger partial charge in [-0.25, -0.2) is 0 Å². The summed E-state index contributed by atoms with van der Waals surface area (Å²) in [6.45, 7) is 0. The van der Waals surface area contributed by atoms with Crippen molar-refractivity contribution in [1.82, 2.24) is 5.32 Å². The van der Waals surface area contributed by atoms with Gasteiger partial charge in [-0.2, -0.15) is 5.26 Å². The first kappa shape index (κ1) is 11.8. The highest BCUT2D eigenvalue weighted by Gasteiger charge is 2.45. The fraction of sp³-hybridized carbons (Fsp3) is 0.500. The van der Waals surface area contributed by atoms with Crippen molar-refractivity contribution < 1.29 is 0 Å². The number of allylic oxidation sites excluding steroid dienone is 1. The first-order valence-corrected chi connectivity index (χ1v) is 6.08. The summed E-state index contributed by atoms with van der Waals surface area (Å²) in [6.07, 6.45) is 4.89. The molecule has 1 saturated carbocycles. The Morgan fingerprint density at radius 2 is 2.00 bits per heavy atom. The van der Waals surface area contributed by atoms with Crippen LogP contribution in [0.15, 0.2) is 17.0 Å². The molecular weight excluding hydrogens is 232 g/mol. The molecule has 88 valence electrons. The van der Waals surface area contributed by atoms with Gasteiger partial charge in [-0.3, -0.25) is 5.41 Å². The van der Waals surface area contributed by atoms with Crippen molar-refractivity contribution in [3.8, 4) is 6.07 Å². The van der Waals surface area contributed by atoms with Crippen LogP contribution in [0.25, 0.3) is 0 Å². The monoisotopic (exact) mass is 246 g/mol. The van der Waals surface area contributed by atoms with Crippen molar-refractivity contribution in [1.29, 1.82) is 10.7 Å². The van der Waals surface area contributed by atoms with E-state index < -0.39 is 5.41 Å². The third-order valence-electron chi connectivity index (χ3n) is 3.65. The summed E-state index contributed by atoms with van der Waals surface area (Å²) in [5.41, 5.74) is 6.55. The summed E-state index contributed by atoms with van der Waals surface area (Å²) in [5.74, 6) is 2.77. The number of hydrogen-bond donors (Lipinski definition) is 3. The average Bonchev–Trinajstić information content (AvgIpc) is 2.30. The molecule has 0 radical (unpaired) electrons. The smallest absolute Gasteiger partial charge is 0.118 e. The molecule has 17 heavy (non-hydrogen) atoms. The molecule has 4 nitrogen and oxygen atoms in total. The van der Waals surface area contributed by atoms with Gasteiger partial charge in [0.2, 0.25) is 0 Å². The Morgan fingerprint density at radius 3 is 2.53 bits per heavy atom. The van der Waals surface area contributed by atoms with Gasteiger partial charge < -0.3 is 11.1 Å². The third kappa shape index (κ3) is 1.66. The van der Waals surface area contributed by atoms with Crippen LogP contribution in [0.3, 0.4) is 0 Å². The second-order valence-electron chi connectivity index (χ2n) is 4.50. The predicted molar refractivity (Wildman–Crippen MR) is 69.3 cm³/mol. The fourth-order valence-corrected chi connectivity index (χ4v) is 3.20. The van der Waals surface area contributed by atoms with Gasteiger partial charge in [-0.05, 0) is 18.7 Å². The molecule has 0 saturated heterocycles. The molecule has 1 aliphatic carbocycles. The molecule has 1 spiro atoms. The lowest BCUT2D eigenvalue weighted by Gasteiger charge is -2.41. The second-order valence-corrected chi connectivity index (χ2v) is 4.91. The molecule has 5 heteroatoms. The van der Waals surface area contributed by atoms with Crippen LogP contribution in [0.5, 0.6) is 0 Å². The Hall–Kier alpha value is -1.63. The maximum atomic E-state index is 9.30. The van der Waals surface area contributed by atoms with Gasteiger partial charge >= 0.3 is 0 Å². The molecule has 2 rings (SSSR count). The Labute approximate surface area is 106 Å². The first-order chi connectivity index (χ1) is 8.15. The molecule has 0 amide bonds. The quantitative estimate of drug-likeness (QED) is 0.345. The number of nitrogens with one attached hydrogen (secondary N) is 2. The number of nitriles is 1. The third-order valence-corrected chi connectivity index (χ3v) is 3.95. The minimum atomic E-state index is -0.457. The number of nitrogens with two attached hydrogens (primary N) is 1. The summed E-state index contributed by atoms with van der Waals surface area (Å²) in [7, 11) is 0. The molecule has 2 aliphatic rings. The normalized spacial score (nSPS) is 23.0. The molecule has 0 bridgehead atoms. The van der Waals surface area contributed by atoms with Crippen LogP contribution in [-0.2, 0) is 0 Å². The average molecular weight is 246 g/mol.